The first-order valence-corrected chi connectivity index (χ1v) is 9.51. The third kappa shape index (κ3) is 2.52. The van der Waals surface area contributed by atoms with Crippen molar-refractivity contribution in [3.63, 3.8) is 0 Å². The topological polar surface area (TPSA) is 57.6 Å². The average Bonchev–Trinajstić information content (AvgIpc) is 2.88. The fourth-order valence-electron chi connectivity index (χ4n) is 4.57. The van der Waals surface area contributed by atoms with Crippen LogP contribution in [0.4, 0.5) is 5.69 Å². The number of fused-ring (bicyclic) bond motifs is 1. The van der Waals surface area contributed by atoms with Crippen LogP contribution in [0, 0.1) is 11.3 Å². The maximum absolute atomic E-state index is 13.6. The Morgan fingerprint density at radius 1 is 1.21 bits per heavy atom. The number of amides is 2. The minimum atomic E-state index is -0.994. The fraction of sp³-hybridized carbons (Fsp3) is 0.217. The van der Waals surface area contributed by atoms with Crippen LogP contribution in [0.2, 0.25) is 5.02 Å². The zero-order valence-electron chi connectivity index (χ0n) is 15.4. The summed E-state index contributed by atoms with van der Waals surface area (Å²) in [5, 5.41) is 10.1. The number of nitrogens with zero attached hydrogens (tertiary/aromatic N) is 1. The Morgan fingerprint density at radius 3 is 2.57 bits per heavy atom. The van der Waals surface area contributed by atoms with E-state index in [4.69, 9.17) is 11.6 Å². The van der Waals surface area contributed by atoms with Gasteiger partial charge in [0, 0.05) is 10.9 Å². The summed E-state index contributed by atoms with van der Waals surface area (Å²) in [4.78, 5) is 28.2. The Balaban J connectivity index is 1.90. The molecule has 0 saturated carbocycles. The third-order valence-electron chi connectivity index (χ3n) is 5.97. The quantitative estimate of drug-likeness (QED) is 0.759. The summed E-state index contributed by atoms with van der Waals surface area (Å²) < 4.78 is 0. The number of halogens is 1. The van der Waals surface area contributed by atoms with Crippen LogP contribution in [-0.4, -0.2) is 16.9 Å². The smallest absolute Gasteiger partial charge is 0.241 e. The van der Waals surface area contributed by atoms with Gasteiger partial charge in [-0.1, -0.05) is 54.6 Å². The lowest BCUT2D eigenvalue weighted by atomic mass is 9.60. The summed E-state index contributed by atoms with van der Waals surface area (Å²) in [7, 11) is 0. The predicted octanol–water partition coefficient (Wildman–Crippen LogP) is 4.84. The molecule has 28 heavy (non-hydrogen) atoms. The molecule has 0 bridgehead atoms. The number of hydrogen-bond donors (Lipinski definition) is 1. The highest BCUT2D eigenvalue weighted by molar-refractivity contribution is 6.32. The van der Waals surface area contributed by atoms with Crippen molar-refractivity contribution >= 4 is 29.1 Å². The second kappa shape index (κ2) is 6.64. The van der Waals surface area contributed by atoms with E-state index in [1.54, 1.807) is 30.3 Å². The summed E-state index contributed by atoms with van der Waals surface area (Å²) in [6.45, 7) is 5.74. The van der Waals surface area contributed by atoms with Gasteiger partial charge < -0.3 is 5.11 Å². The lowest BCUT2D eigenvalue weighted by Crippen LogP contribution is -2.41. The molecule has 0 aromatic heterocycles. The van der Waals surface area contributed by atoms with E-state index >= 15 is 0 Å². The summed E-state index contributed by atoms with van der Waals surface area (Å²) in [5.74, 6) is -1.30. The molecular formula is C23H20ClNO3. The summed E-state index contributed by atoms with van der Waals surface area (Å²) in [6.07, 6.45) is 4.16. The van der Waals surface area contributed by atoms with E-state index in [0.717, 1.165) is 5.57 Å². The minimum absolute atomic E-state index is 0.0510. The van der Waals surface area contributed by atoms with E-state index in [1.807, 2.05) is 31.2 Å². The predicted molar refractivity (Wildman–Crippen MR) is 109 cm³/mol. The van der Waals surface area contributed by atoms with Crippen molar-refractivity contribution in [3.05, 3.63) is 83.4 Å². The van der Waals surface area contributed by atoms with E-state index in [0.29, 0.717) is 22.7 Å². The van der Waals surface area contributed by atoms with Gasteiger partial charge in [0.2, 0.25) is 11.8 Å². The number of para-hydroxylation sites is 1. The number of hydrogen-bond acceptors (Lipinski definition) is 3. The molecule has 1 saturated heterocycles. The number of phenols is 1. The molecule has 1 fully saturated rings. The zero-order chi connectivity index (χ0) is 20.1. The van der Waals surface area contributed by atoms with Crippen LogP contribution in [-0.2, 0) is 9.59 Å². The Labute approximate surface area is 168 Å². The van der Waals surface area contributed by atoms with Gasteiger partial charge in [0.05, 0.1) is 17.0 Å². The molecule has 5 heteroatoms. The van der Waals surface area contributed by atoms with Crippen molar-refractivity contribution in [1.82, 2.24) is 0 Å². The van der Waals surface area contributed by atoms with Gasteiger partial charge in [0.15, 0.2) is 0 Å². The van der Waals surface area contributed by atoms with E-state index in [-0.39, 0.29) is 17.6 Å². The summed E-state index contributed by atoms with van der Waals surface area (Å²) >= 11 is 6.44. The van der Waals surface area contributed by atoms with Crippen LogP contribution in [0.5, 0.6) is 5.75 Å². The molecule has 0 radical (unpaired) electrons. The van der Waals surface area contributed by atoms with Gasteiger partial charge in [-0.25, -0.2) is 4.90 Å². The normalized spacial score (nSPS) is 26.8. The number of carbonyl (C=O) groups is 2. The van der Waals surface area contributed by atoms with Gasteiger partial charge in [0.25, 0.3) is 0 Å². The molecule has 1 aliphatic carbocycles. The minimum Gasteiger partial charge on any atom is -0.508 e. The first kappa shape index (κ1) is 18.5. The highest BCUT2D eigenvalue weighted by Crippen LogP contribution is 2.57. The van der Waals surface area contributed by atoms with Crippen LogP contribution < -0.4 is 4.90 Å². The van der Waals surface area contributed by atoms with Gasteiger partial charge >= 0.3 is 0 Å². The van der Waals surface area contributed by atoms with Crippen LogP contribution in [0.15, 0.2) is 72.8 Å². The van der Waals surface area contributed by atoms with Crippen molar-refractivity contribution in [2.24, 2.45) is 11.3 Å². The molecule has 4 rings (SSSR count). The fourth-order valence-corrected chi connectivity index (χ4v) is 4.85. The molecule has 2 amide bonds. The van der Waals surface area contributed by atoms with E-state index in [2.05, 4.69) is 6.58 Å². The Hall–Kier alpha value is -2.85. The lowest BCUT2D eigenvalue weighted by Gasteiger charge is -2.40. The molecule has 3 atom stereocenters. The van der Waals surface area contributed by atoms with Crippen LogP contribution in [0.3, 0.4) is 0 Å². The number of imide groups is 1. The highest BCUT2D eigenvalue weighted by atomic mass is 35.5. The Bertz CT molecular complexity index is 1010. The van der Waals surface area contributed by atoms with Crippen LogP contribution in [0.1, 0.15) is 24.8 Å². The standard InChI is InChI=1S/C23H20ClNO3/c1-3-14-9-12-18-21(27)25(15-7-5-4-6-8-15)22(28)23(18,2)20(14)17-11-10-16(26)13-19(17)24/h3-11,13,18,20,26H,1,12H2,2H3/t18-,20+,23+/m0/s1. The second-order valence-electron chi connectivity index (χ2n) is 7.43. The maximum Gasteiger partial charge on any atom is 0.241 e. The van der Waals surface area contributed by atoms with Gasteiger partial charge in [0.1, 0.15) is 5.75 Å². The molecule has 1 heterocycles. The highest BCUT2D eigenvalue weighted by Gasteiger charge is 2.62. The largest absolute Gasteiger partial charge is 0.508 e. The van der Waals surface area contributed by atoms with E-state index < -0.39 is 17.3 Å². The number of carbonyl (C=O) groups excluding carboxylic acids is 2. The third-order valence-corrected chi connectivity index (χ3v) is 6.30. The lowest BCUT2D eigenvalue weighted by molar-refractivity contribution is -0.127. The average molecular weight is 394 g/mol. The SMILES string of the molecule is C=CC1=CC[C@H]2C(=O)N(c3ccccc3)C(=O)[C@@]2(C)[C@H]1c1ccc(O)cc1Cl. The van der Waals surface area contributed by atoms with E-state index in [9.17, 15) is 14.7 Å². The van der Waals surface area contributed by atoms with Crippen molar-refractivity contribution in [2.45, 2.75) is 19.3 Å². The Kier molecular flexibility index (Phi) is 4.39. The number of aromatic hydroxyl groups is 1. The first-order valence-electron chi connectivity index (χ1n) is 9.14. The molecule has 142 valence electrons. The Morgan fingerprint density at radius 2 is 1.93 bits per heavy atom. The van der Waals surface area contributed by atoms with Crippen LogP contribution >= 0.6 is 11.6 Å². The number of allylic oxidation sites excluding steroid dienone is 3. The number of rotatable bonds is 3. The molecule has 4 nitrogen and oxygen atoms in total. The molecule has 0 spiro atoms. The molecule has 2 aliphatic rings. The van der Waals surface area contributed by atoms with Crippen molar-refractivity contribution in [1.29, 1.82) is 0 Å². The summed E-state index contributed by atoms with van der Waals surface area (Å²) in [5.41, 5.74) is 1.14. The monoisotopic (exact) mass is 393 g/mol. The number of anilines is 1. The van der Waals surface area contributed by atoms with Crippen LogP contribution in [0.25, 0.3) is 0 Å². The number of benzene rings is 2. The van der Waals surface area contributed by atoms with Crippen molar-refractivity contribution < 1.29 is 14.7 Å². The second-order valence-corrected chi connectivity index (χ2v) is 7.84. The molecule has 1 aliphatic heterocycles. The van der Waals surface area contributed by atoms with Gasteiger partial charge in [-0.05, 0) is 48.7 Å². The number of phenolic OH excluding ortho intramolecular Hbond substituents is 1. The molecule has 2 aromatic carbocycles. The van der Waals surface area contributed by atoms with E-state index in [1.165, 1.54) is 11.0 Å². The molecular weight excluding hydrogens is 374 g/mol. The summed E-state index contributed by atoms with van der Waals surface area (Å²) in [6, 6.07) is 13.7. The van der Waals surface area contributed by atoms with Gasteiger partial charge in [-0.2, -0.15) is 0 Å². The van der Waals surface area contributed by atoms with Gasteiger partial charge in [-0.15, -0.1) is 0 Å². The van der Waals surface area contributed by atoms with Crippen molar-refractivity contribution in [2.75, 3.05) is 4.90 Å². The maximum atomic E-state index is 13.6. The molecule has 0 unspecified atom stereocenters. The zero-order valence-corrected chi connectivity index (χ0v) is 16.2. The molecule has 2 aromatic rings. The van der Waals surface area contributed by atoms with Crippen molar-refractivity contribution in [3.8, 4) is 5.75 Å². The van der Waals surface area contributed by atoms with Gasteiger partial charge in [-0.3, -0.25) is 9.59 Å². The first-order chi connectivity index (χ1) is 13.4. The molecule has 1 N–H and O–H groups in total.